The van der Waals surface area contributed by atoms with Gasteiger partial charge in [-0.2, -0.15) is 0 Å². The van der Waals surface area contributed by atoms with Gasteiger partial charge < -0.3 is 15.4 Å². The summed E-state index contributed by atoms with van der Waals surface area (Å²) >= 11 is 0. The first-order valence-corrected chi connectivity index (χ1v) is 7.98. The van der Waals surface area contributed by atoms with Crippen molar-refractivity contribution >= 4 is 23.2 Å². The number of anilines is 2. The minimum Gasteiger partial charge on any atom is -0.457 e. The van der Waals surface area contributed by atoms with Gasteiger partial charge in [0, 0.05) is 23.8 Å². The van der Waals surface area contributed by atoms with Crippen LogP contribution >= 0.6 is 0 Å². The van der Waals surface area contributed by atoms with E-state index in [-0.39, 0.29) is 0 Å². The van der Waals surface area contributed by atoms with Crippen LogP contribution in [-0.4, -0.2) is 16.8 Å². The molecule has 0 saturated carbocycles. The van der Waals surface area contributed by atoms with E-state index in [2.05, 4.69) is 15.6 Å². The Hall–Kier alpha value is -3.67. The Morgan fingerprint density at radius 1 is 0.808 bits per heavy atom. The van der Waals surface area contributed by atoms with Crippen molar-refractivity contribution in [2.24, 2.45) is 0 Å². The van der Waals surface area contributed by atoms with Crippen LogP contribution < -0.4 is 15.4 Å². The highest BCUT2D eigenvalue weighted by Gasteiger charge is 2.14. The molecule has 0 radical (unpaired) electrons. The number of ether oxygens (including phenoxy) is 1. The van der Waals surface area contributed by atoms with E-state index in [0.717, 1.165) is 5.56 Å². The van der Waals surface area contributed by atoms with Crippen molar-refractivity contribution < 1.29 is 14.3 Å². The van der Waals surface area contributed by atoms with Gasteiger partial charge in [0.05, 0.1) is 0 Å². The largest absolute Gasteiger partial charge is 0.457 e. The molecule has 0 bridgehead atoms. The first kappa shape index (κ1) is 17.2. The number of para-hydroxylation sites is 1. The molecule has 0 fully saturated rings. The lowest BCUT2D eigenvalue weighted by atomic mass is 10.2. The molecule has 0 aliphatic heterocycles. The van der Waals surface area contributed by atoms with Crippen molar-refractivity contribution in [3.8, 4) is 11.5 Å². The van der Waals surface area contributed by atoms with Gasteiger partial charge in [0.25, 0.3) is 0 Å². The van der Waals surface area contributed by atoms with Gasteiger partial charge in [-0.3, -0.25) is 14.6 Å². The minimum atomic E-state index is -0.740. The van der Waals surface area contributed by atoms with Crippen molar-refractivity contribution in [2.75, 3.05) is 10.6 Å². The molecule has 6 heteroatoms. The maximum atomic E-state index is 12.0. The Morgan fingerprint density at radius 2 is 1.42 bits per heavy atom. The van der Waals surface area contributed by atoms with Crippen molar-refractivity contribution in [1.82, 2.24) is 4.98 Å². The van der Waals surface area contributed by atoms with Gasteiger partial charge in [-0.15, -0.1) is 0 Å². The zero-order chi connectivity index (χ0) is 18.4. The number of hydrogen-bond donors (Lipinski definition) is 2. The number of benzene rings is 2. The predicted octanol–water partition coefficient (Wildman–Crippen LogP) is 3.76. The number of hydrogen-bond acceptors (Lipinski definition) is 4. The van der Waals surface area contributed by atoms with E-state index in [0.29, 0.717) is 22.9 Å². The third-order valence-corrected chi connectivity index (χ3v) is 3.60. The topological polar surface area (TPSA) is 80.3 Å². The highest BCUT2D eigenvalue weighted by atomic mass is 16.5. The summed E-state index contributed by atoms with van der Waals surface area (Å²) in [5, 5.41) is 5.15. The number of rotatable bonds is 4. The molecule has 130 valence electrons. The molecular weight excluding hydrogens is 330 g/mol. The van der Waals surface area contributed by atoms with Gasteiger partial charge in [-0.1, -0.05) is 18.2 Å². The molecule has 0 unspecified atom stereocenters. The van der Waals surface area contributed by atoms with Gasteiger partial charge >= 0.3 is 11.8 Å². The summed E-state index contributed by atoms with van der Waals surface area (Å²) in [5.41, 5.74) is 1.98. The second-order valence-electron chi connectivity index (χ2n) is 5.53. The fourth-order valence-corrected chi connectivity index (χ4v) is 2.23. The number of nitrogens with one attached hydrogen (secondary N) is 2. The van der Waals surface area contributed by atoms with Crippen LogP contribution in [-0.2, 0) is 9.59 Å². The van der Waals surface area contributed by atoms with Gasteiger partial charge in [0.15, 0.2) is 0 Å². The molecule has 26 heavy (non-hydrogen) atoms. The number of carbonyl (C=O) groups excluding carboxylic acids is 2. The summed E-state index contributed by atoms with van der Waals surface area (Å²) < 4.78 is 5.65. The number of aromatic nitrogens is 1. The number of aryl methyl sites for hydroxylation is 1. The molecule has 6 nitrogen and oxygen atoms in total. The summed E-state index contributed by atoms with van der Waals surface area (Å²) in [7, 11) is 0. The van der Waals surface area contributed by atoms with Crippen molar-refractivity contribution in [2.45, 2.75) is 6.92 Å². The first-order chi connectivity index (χ1) is 12.6. The molecule has 0 aliphatic rings. The summed E-state index contributed by atoms with van der Waals surface area (Å²) in [6, 6.07) is 17.5. The second-order valence-corrected chi connectivity index (χ2v) is 5.53. The Bertz CT molecular complexity index is 909. The standard InChI is InChI=1S/C20H17N3O3/c1-14-4-2-3-5-18(14)23-20(25)19(24)22-15-6-8-16(9-7-15)26-17-10-12-21-13-11-17/h2-13H,1H3,(H,22,24)(H,23,25). The summed E-state index contributed by atoms with van der Waals surface area (Å²) in [5.74, 6) is -0.194. The van der Waals surface area contributed by atoms with Crippen LogP contribution in [0.2, 0.25) is 0 Å². The molecule has 0 saturated heterocycles. The Kier molecular flexibility index (Phi) is 5.24. The van der Waals surface area contributed by atoms with Crippen molar-refractivity contribution in [1.29, 1.82) is 0 Å². The predicted molar refractivity (Wildman–Crippen MR) is 99.2 cm³/mol. The van der Waals surface area contributed by atoms with Crippen LogP contribution in [0.4, 0.5) is 11.4 Å². The van der Waals surface area contributed by atoms with E-state index in [1.54, 1.807) is 60.9 Å². The zero-order valence-electron chi connectivity index (χ0n) is 14.1. The molecule has 2 aromatic carbocycles. The Labute approximate surface area is 150 Å². The van der Waals surface area contributed by atoms with E-state index in [1.165, 1.54) is 0 Å². The van der Waals surface area contributed by atoms with Crippen LogP contribution in [0.25, 0.3) is 0 Å². The monoisotopic (exact) mass is 347 g/mol. The maximum Gasteiger partial charge on any atom is 0.314 e. The van der Waals surface area contributed by atoms with Crippen molar-refractivity contribution in [3.63, 3.8) is 0 Å². The molecule has 2 amide bonds. The average Bonchev–Trinajstić information content (AvgIpc) is 2.66. The van der Waals surface area contributed by atoms with Gasteiger partial charge in [0.2, 0.25) is 0 Å². The van der Waals surface area contributed by atoms with Crippen LogP contribution in [0, 0.1) is 6.92 Å². The summed E-state index contributed by atoms with van der Waals surface area (Å²) in [4.78, 5) is 28.0. The average molecular weight is 347 g/mol. The number of carbonyl (C=O) groups is 2. The third-order valence-electron chi connectivity index (χ3n) is 3.60. The molecule has 0 atom stereocenters. The number of nitrogens with zero attached hydrogens (tertiary/aromatic N) is 1. The number of amides is 2. The van der Waals surface area contributed by atoms with Gasteiger partial charge in [-0.05, 0) is 55.0 Å². The lowest BCUT2D eigenvalue weighted by Gasteiger charge is -2.09. The quantitative estimate of drug-likeness (QED) is 0.704. The normalized spacial score (nSPS) is 10.0. The molecule has 1 aromatic heterocycles. The smallest absolute Gasteiger partial charge is 0.314 e. The second kappa shape index (κ2) is 7.94. The summed E-state index contributed by atoms with van der Waals surface area (Å²) in [6.45, 7) is 1.86. The zero-order valence-corrected chi connectivity index (χ0v) is 14.1. The molecule has 0 aliphatic carbocycles. The van der Waals surface area contributed by atoms with E-state index < -0.39 is 11.8 Å². The molecular formula is C20H17N3O3. The molecule has 3 aromatic rings. The maximum absolute atomic E-state index is 12.0. The Morgan fingerprint density at radius 3 is 2.12 bits per heavy atom. The highest BCUT2D eigenvalue weighted by Crippen LogP contribution is 2.22. The van der Waals surface area contributed by atoms with E-state index in [4.69, 9.17) is 4.74 Å². The van der Waals surface area contributed by atoms with Crippen LogP contribution in [0.3, 0.4) is 0 Å². The fourth-order valence-electron chi connectivity index (χ4n) is 2.23. The van der Waals surface area contributed by atoms with Crippen molar-refractivity contribution in [3.05, 3.63) is 78.6 Å². The van der Waals surface area contributed by atoms with E-state index in [9.17, 15) is 9.59 Å². The SMILES string of the molecule is Cc1ccccc1NC(=O)C(=O)Nc1ccc(Oc2ccncc2)cc1. The van der Waals surface area contributed by atoms with Gasteiger partial charge in [-0.25, -0.2) is 0 Å². The lowest BCUT2D eigenvalue weighted by molar-refractivity contribution is -0.133. The molecule has 3 rings (SSSR count). The van der Waals surface area contributed by atoms with Gasteiger partial charge in [0.1, 0.15) is 11.5 Å². The fraction of sp³-hybridized carbons (Fsp3) is 0.0500. The highest BCUT2D eigenvalue weighted by molar-refractivity contribution is 6.43. The molecule has 1 heterocycles. The van der Waals surface area contributed by atoms with Crippen LogP contribution in [0.1, 0.15) is 5.56 Å². The minimum absolute atomic E-state index is 0.497. The Balaban J connectivity index is 1.59. The first-order valence-electron chi connectivity index (χ1n) is 7.98. The van der Waals surface area contributed by atoms with E-state index in [1.807, 2.05) is 19.1 Å². The molecule has 2 N–H and O–H groups in total. The lowest BCUT2D eigenvalue weighted by Crippen LogP contribution is -2.29. The van der Waals surface area contributed by atoms with E-state index >= 15 is 0 Å². The summed E-state index contributed by atoms with van der Waals surface area (Å²) in [6.07, 6.45) is 3.27. The van der Waals surface area contributed by atoms with Crippen LogP contribution in [0.15, 0.2) is 73.1 Å². The number of pyridine rings is 1. The van der Waals surface area contributed by atoms with Crippen LogP contribution in [0.5, 0.6) is 11.5 Å². The third kappa shape index (κ3) is 4.45. The molecule has 0 spiro atoms.